The quantitative estimate of drug-likeness (QED) is 0.860. The third-order valence-electron chi connectivity index (χ3n) is 2.92. The normalized spacial score (nSPS) is 23.2. The van der Waals surface area contributed by atoms with Gasteiger partial charge in [-0.3, -0.25) is 0 Å². The third kappa shape index (κ3) is 7.31. The molecule has 1 aliphatic heterocycles. The zero-order valence-electron chi connectivity index (χ0n) is 13.5. The van der Waals surface area contributed by atoms with E-state index in [4.69, 9.17) is 14.2 Å². The van der Waals surface area contributed by atoms with Crippen LogP contribution < -0.4 is 5.32 Å². The first-order chi connectivity index (χ1) is 9.77. The van der Waals surface area contributed by atoms with E-state index in [9.17, 15) is 18.0 Å². The second-order valence-electron chi connectivity index (χ2n) is 6.77. The van der Waals surface area contributed by atoms with Crippen LogP contribution in [0.4, 0.5) is 18.0 Å². The zero-order valence-corrected chi connectivity index (χ0v) is 13.5. The fraction of sp³-hybridized carbons (Fsp3) is 0.929. The summed E-state index contributed by atoms with van der Waals surface area (Å²) in [6.45, 7) is 8.48. The molecule has 1 rings (SSSR count). The first kappa shape index (κ1) is 19.0. The fourth-order valence-corrected chi connectivity index (χ4v) is 2.04. The summed E-state index contributed by atoms with van der Waals surface area (Å²) in [7, 11) is 0. The number of halogens is 3. The Morgan fingerprint density at radius 2 is 1.95 bits per heavy atom. The van der Waals surface area contributed by atoms with E-state index in [2.05, 4.69) is 5.32 Å². The largest absolute Gasteiger partial charge is 0.444 e. The first-order valence-corrected chi connectivity index (χ1v) is 7.15. The van der Waals surface area contributed by atoms with E-state index >= 15 is 0 Å². The van der Waals surface area contributed by atoms with Gasteiger partial charge in [0.05, 0.1) is 12.6 Å². The number of alkyl carbamates (subject to hydrolysis) is 1. The van der Waals surface area contributed by atoms with E-state index in [1.165, 1.54) is 0 Å². The molecule has 1 N–H and O–H groups in total. The highest BCUT2D eigenvalue weighted by Crippen LogP contribution is 2.29. The Kier molecular flexibility index (Phi) is 5.72. The molecule has 1 heterocycles. The number of hydrogen-bond donors (Lipinski definition) is 1. The number of alkyl halides is 3. The van der Waals surface area contributed by atoms with Crippen molar-refractivity contribution in [3.05, 3.63) is 0 Å². The summed E-state index contributed by atoms with van der Waals surface area (Å²) in [6.07, 6.45) is -7.04. The summed E-state index contributed by atoms with van der Waals surface area (Å²) in [4.78, 5) is 11.8. The predicted molar refractivity (Wildman–Crippen MR) is 73.4 cm³/mol. The standard InChI is InChI=1S/C14H24F3NO4/c1-12(2,3)22-11(19)18-9(6-7-14(15,16)17)10-8-20-13(4,5)21-10/h9-10H,6-8H2,1-5H3,(H,18,19)/t9-,10+/m0/s1. The van der Waals surface area contributed by atoms with Crippen molar-refractivity contribution in [2.24, 2.45) is 0 Å². The number of carbonyl (C=O) groups excluding carboxylic acids is 1. The number of hydrogen-bond acceptors (Lipinski definition) is 4. The van der Waals surface area contributed by atoms with Gasteiger partial charge in [-0.2, -0.15) is 13.2 Å². The summed E-state index contributed by atoms with van der Waals surface area (Å²) < 4.78 is 53.3. The van der Waals surface area contributed by atoms with E-state index in [0.717, 1.165) is 0 Å². The van der Waals surface area contributed by atoms with Crippen LogP contribution >= 0.6 is 0 Å². The Labute approximate surface area is 128 Å². The van der Waals surface area contributed by atoms with Crippen LogP contribution in [0, 0.1) is 0 Å². The van der Waals surface area contributed by atoms with Crippen molar-refractivity contribution in [1.82, 2.24) is 5.32 Å². The van der Waals surface area contributed by atoms with Gasteiger partial charge < -0.3 is 19.5 Å². The van der Waals surface area contributed by atoms with Gasteiger partial charge in [-0.15, -0.1) is 0 Å². The molecule has 1 fully saturated rings. The van der Waals surface area contributed by atoms with Gasteiger partial charge in [0, 0.05) is 6.42 Å². The zero-order chi connectivity index (χ0) is 17.2. The van der Waals surface area contributed by atoms with Crippen molar-refractivity contribution < 1.29 is 32.2 Å². The first-order valence-electron chi connectivity index (χ1n) is 7.15. The molecule has 0 aliphatic carbocycles. The third-order valence-corrected chi connectivity index (χ3v) is 2.92. The van der Waals surface area contributed by atoms with E-state index < -0.39 is 42.2 Å². The molecule has 0 unspecified atom stereocenters. The second kappa shape index (κ2) is 6.62. The van der Waals surface area contributed by atoms with Gasteiger partial charge in [-0.25, -0.2) is 4.79 Å². The second-order valence-corrected chi connectivity index (χ2v) is 6.77. The summed E-state index contributed by atoms with van der Waals surface area (Å²) in [5, 5.41) is 2.46. The molecule has 1 saturated heterocycles. The van der Waals surface area contributed by atoms with Gasteiger partial charge in [-0.1, -0.05) is 0 Å². The highest BCUT2D eigenvalue weighted by molar-refractivity contribution is 5.68. The van der Waals surface area contributed by atoms with E-state index in [1.807, 2.05) is 0 Å². The summed E-state index contributed by atoms with van der Waals surface area (Å²) >= 11 is 0. The van der Waals surface area contributed by atoms with Crippen molar-refractivity contribution in [1.29, 1.82) is 0 Å². The molecule has 130 valence electrons. The summed E-state index contributed by atoms with van der Waals surface area (Å²) in [6, 6.07) is -0.835. The molecular weight excluding hydrogens is 303 g/mol. The molecule has 22 heavy (non-hydrogen) atoms. The molecule has 0 aromatic heterocycles. The van der Waals surface area contributed by atoms with Crippen LogP contribution in [-0.4, -0.2) is 42.4 Å². The molecule has 0 aromatic carbocycles. The minimum Gasteiger partial charge on any atom is -0.444 e. The highest BCUT2D eigenvalue weighted by atomic mass is 19.4. The SMILES string of the molecule is CC(C)(C)OC(=O)N[C@@H](CCC(F)(F)F)[C@H]1COC(C)(C)O1. The topological polar surface area (TPSA) is 56.8 Å². The molecule has 0 bridgehead atoms. The van der Waals surface area contributed by atoms with Crippen molar-refractivity contribution >= 4 is 6.09 Å². The van der Waals surface area contributed by atoms with Crippen LogP contribution in [0.1, 0.15) is 47.5 Å². The van der Waals surface area contributed by atoms with E-state index in [1.54, 1.807) is 34.6 Å². The van der Waals surface area contributed by atoms with Crippen LogP contribution in [0.15, 0.2) is 0 Å². The minimum absolute atomic E-state index is 0.116. The van der Waals surface area contributed by atoms with Gasteiger partial charge in [0.2, 0.25) is 0 Å². The van der Waals surface area contributed by atoms with Gasteiger partial charge in [0.1, 0.15) is 11.7 Å². The molecule has 5 nitrogen and oxygen atoms in total. The van der Waals surface area contributed by atoms with Crippen LogP contribution in [0.2, 0.25) is 0 Å². The van der Waals surface area contributed by atoms with E-state index in [0.29, 0.717) is 0 Å². The Morgan fingerprint density at radius 3 is 2.36 bits per heavy atom. The van der Waals surface area contributed by atoms with Crippen LogP contribution in [-0.2, 0) is 14.2 Å². The Hall–Kier alpha value is -1.02. The Bertz CT molecular complexity index is 391. The maximum absolute atomic E-state index is 12.4. The summed E-state index contributed by atoms with van der Waals surface area (Å²) in [5.41, 5.74) is -0.731. The monoisotopic (exact) mass is 327 g/mol. The number of amides is 1. The van der Waals surface area contributed by atoms with Crippen LogP contribution in [0.25, 0.3) is 0 Å². The van der Waals surface area contributed by atoms with Crippen molar-refractivity contribution in [3.8, 4) is 0 Å². The smallest absolute Gasteiger partial charge is 0.407 e. The molecule has 0 spiro atoms. The maximum Gasteiger partial charge on any atom is 0.407 e. The molecule has 8 heteroatoms. The van der Waals surface area contributed by atoms with Gasteiger partial charge >= 0.3 is 12.3 Å². The number of nitrogens with one attached hydrogen (secondary N) is 1. The minimum atomic E-state index is -4.30. The van der Waals surface area contributed by atoms with Crippen molar-refractivity contribution in [2.75, 3.05) is 6.61 Å². The summed E-state index contributed by atoms with van der Waals surface area (Å²) in [5.74, 6) is -0.878. The van der Waals surface area contributed by atoms with Gasteiger partial charge in [0.15, 0.2) is 5.79 Å². The van der Waals surface area contributed by atoms with Gasteiger partial charge in [-0.05, 0) is 41.0 Å². The van der Waals surface area contributed by atoms with Crippen molar-refractivity contribution in [3.63, 3.8) is 0 Å². The lowest BCUT2D eigenvalue weighted by atomic mass is 10.1. The average molecular weight is 327 g/mol. The van der Waals surface area contributed by atoms with Crippen LogP contribution in [0.5, 0.6) is 0 Å². The Morgan fingerprint density at radius 1 is 1.36 bits per heavy atom. The lowest BCUT2D eigenvalue weighted by Gasteiger charge is -2.27. The lowest BCUT2D eigenvalue weighted by molar-refractivity contribution is -0.149. The predicted octanol–water partition coefficient (Wildman–Crippen LogP) is 3.37. The molecule has 0 radical (unpaired) electrons. The molecular formula is C14H24F3NO4. The van der Waals surface area contributed by atoms with Gasteiger partial charge in [0.25, 0.3) is 0 Å². The number of carbonyl (C=O) groups is 1. The molecule has 2 atom stereocenters. The lowest BCUT2D eigenvalue weighted by Crippen LogP contribution is -2.47. The molecule has 1 amide bonds. The number of rotatable bonds is 4. The Balaban J connectivity index is 2.68. The van der Waals surface area contributed by atoms with E-state index in [-0.39, 0.29) is 13.0 Å². The molecule has 0 saturated carbocycles. The molecule has 0 aromatic rings. The van der Waals surface area contributed by atoms with Crippen LogP contribution in [0.3, 0.4) is 0 Å². The highest BCUT2D eigenvalue weighted by Gasteiger charge is 2.40. The van der Waals surface area contributed by atoms with Crippen molar-refractivity contribution in [2.45, 2.75) is 77.2 Å². The number of ether oxygens (including phenoxy) is 3. The molecule has 1 aliphatic rings. The average Bonchev–Trinajstić information content (AvgIpc) is 2.61. The fourth-order valence-electron chi connectivity index (χ4n) is 2.04. The maximum atomic E-state index is 12.4.